The van der Waals surface area contributed by atoms with E-state index in [1.165, 1.54) is 38.5 Å². The first-order chi connectivity index (χ1) is 15.5. The van der Waals surface area contributed by atoms with Crippen molar-refractivity contribution in [3.63, 3.8) is 0 Å². The highest BCUT2D eigenvalue weighted by atomic mass is 16.4. The first kappa shape index (κ1) is 29.9. The van der Waals surface area contributed by atoms with Crippen molar-refractivity contribution in [1.82, 2.24) is 0 Å². The van der Waals surface area contributed by atoms with Crippen molar-refractivity contribution in [2.45, 2.75) is 104 Å². The van der Waals surface area contributed by atoms with E-state index in [9.17, 15) is 9.59 Å². The highest BCUT2D eigenvalue weighted by molar-refractivity contribution is 5.66. The zero-order chi connectivity index (χ0) is 23.9. The molecule has 0 rings (SSSR count). The number of allylic oxidation sites excluding steroid dienone is 8. The lowest BCUT2D eigenvalue weighted by Crippen LogP contribution is -2.12. The third-order valence-electron chi connectivity index (χ3n) is 5.57. The fraction of sp³-hybridized carbons (Fsp3) is 0.643. The van der Waals surface area contributed by atoms with Gasteiger partial charge in [-0.25, -0.2) is 0 Å². The van der Waals surface area contributed by atoms with Crippen molar-refractivity contribution in [2.75, 3.05) is 0 Å². The van der Waals surface area contributed by atoms with E-state index >= 15 is 0 Å². The van der Waals surface area contributed by atoms with Crippen LogP contribution < -0.4 is 0 Å². The van der Waals surface area contributed by atoms with Gasteiger partial charge in [0.25, 0.3) is 0 Å². The van der Waals surface area contributed by atoms with Crippen LogP contribution in [0, 0.1) is 11.8 Å². The first-order valence-electron chi connectivity index (χ1n) is 12.6. The Bertz CT molecular complexity index is 586. The summed E-state index contributed by atoms with van der Waals surface area (Å²) in [6.07, 6.45) is 30.0. The second-order valence-corrected chi connectivity index (χ2v) is 8.52. The van der Waals surface area contributed by atoms with Gasteiger partial charge in [0, 0.05) is 12.8 Å². The Morgan fingerprint density at radius 3 is 1.62 bits per heavy atom. The molecule has 0 amide bonds. The van der Waals surface area contributed by atoms with E-state index in [2.05, 4.69) is 50.3 Å². The highest BCUT2D eigenvalue weighted by Gasteiger charge is 2.16. The van der Waals surface area contributed by atoms with Crippen LogP contribution in [0.5, 0.6) is 0 Å². The Balaban J connectivity index is 5.06. The van der Waals surface area contributed by atoms with Crippen molar-refractivity contribution in [3.8, 4) is 0 Å². The van der Waals surface area contributed by atoms with Crippen LogP contribution in [0.1, 0.15) is 104 Å². The molecule has 0 aliphatic heterocycles. The van der Waals surface area contributed by atoms with Gasteiger partial charge in [-0.2, -0.15) is 0 Å². The molecule has 0 saturated carbocycles. The molecule has 0 spiro atoms. The molecule has 4 nitrogen and oxygen atoms in total. The molecular formula is C28H46O4. The van der Waals surface area contributed by atoms with Gasteiger partial charge in [-0.1, -0.05) is 94.6 Å². The van der Waals surface area contributed by atoms with Gasteiger partial charge in [0.15, 0.2) is 0 Å². The van der Waals surface area contributed by atoms with Crippen LogP contribution in [0.3, 0.4) is 0 Å². The lowest BCUT2D eigenvalue weighted by Gasteiger charge is -2.22. The van der Waals surface area contributed by atoms with E-state index in [0.29, 0.717) is 24.7 Å². The predicted octanol–water partition coefficient (Wildman–Crippen LogP) is 8.11. The third-order valence-corrected chi connectivity index (χ3v) is 5.57. The van der Waals surface area contributed by atoms with E-state index in [-0.39, 0.29) is 12.8 Å². The zero-order valence-corrected chi connectivity index (χ0v) is 20.4. The summed E-state index contributed by atoms with van der Waals surface area (Å²) in [5, 5.41) is 17.8. The molecule has 2 atom stereocenters. The third kappa shape index (κ3) is 19.8. The highest BCUT2D eigenvalue weighted by Crippen LogP contribution is 2.27. The fourth-order valence-electron chi connectivity index (χ4n) is 3.67. The molecule has 0 aliphatic carbocycles. The van der Waals surface area contributed by atoms with Crippen LogP contribution >= 0.6 is 0 Å². The van der Waals surface area contributed by atoms with Crippen molar-refractivity contribution < 1.29 is 19.8 Å². The fourth-order valence-corrected chi connectivity index (χ4v) is 3.67. The summed E-state index contributed by atoms with van der Waals surface area (Å²) in [4.78, 5) is 21.6. The largest absolute Gasteiger partial charge is 0.481 e. The lowest BCUT2D eigenvalue weighted by molar-refractivity contribution is -0.138. The molecule has 0 aromatic heterocycles. The topological polar surface area (TPSA) is 74.6 Å². The van der Waals surface area contributed by atoms with Gasteiger partial charge in [-0.05, 0) is 56.8 Å². The zero-order valence-electron chi connectivity index (χ0n) is 20.4. The van der Waals surface area contributed by atoms with Gasteiger partial charge in [-0.3, -0.25) is 9.59 Å². The monoisotopic (exact) mass is 446 g/mol. The molecule has 182 valence electrons. The lowest BCUT2D eigenvalue weighted by atomic mass is 9.83. The van der Waals surface area contributed by atoms with Crippen LogP contribution in [0.2, 0.25) is 0 Å². The molecule has 2 unspecified atom stereocenters. The predicted molar refractivity (Wildman–Crippen MR) is 135 cm³/mol. The van der Waals surface area contributed by atoms with Crippen LogP contribution in [0.15, 0.2) is 48.6 Å². The molecule has 0 heterocycles. The molecule has 0 bridgehead atoms. The summed E-state index contributed by atoms with van der Waals surface area (Å²) in [7, 11) is 0. The Labute approximate surface area is 196 Å². The van der Waals surface area contributed by atoms with E-state index in [4.69, 9.17) is 10.2 Å². The van der Waals surface area contributed by atoms with Crippen molar-refractivity contribution in [3.05, 3.63) is 48.6 Å². The maximum Gasteiger partial charge on any atom is 0.303 e. The second kappa shape index (κ2) is 22.1. The minimum absolute atomic E-state index is 0.204. The number of carboxylic acids is 2. The Morgan fingerprint density at radius 1 is 0.625 bits per heavy atom. The van der Waals surface area contributed by atoms with Crippen molar-refractivity contribution in [1.29, 1.82) is 0 Å². The van der Waals surface area contributed by atoms with Crippen molar-refractivity contribution in [2.24, 2.45) is 11.8 Å². The molecule has 0 fully saturated rings. The normalized spacial score (nSPS) is 14.2. The molecule has 0 aromatic rings. The Morgan fingerprint density at radius 2 is 1.09 bits per heavy atom. The number of hydrogen-bond donors (Lipinski definition) is 2. The summed E-state index contributed by atoms with van der Waals surface area (Å²) in [5.41, 5.74) is 0. The molecule has 0 aromatic carbocycles. The molecule has 32 heavy (non-hydrogen) atoms. The maximum atomic E-state index is 11.0. The molecule has 0 aliphatic rings. The molecule has 4 heteroatoms. The molecular weight excluding hydrogens is 400 g/mol. The minimum atomic E-state index is -0.750. The van der Waals surface area contributed by atoms with Gasteiger partial charge in [0.2, 0.25) is 0 Å². The summed E-state index contributed by atoms with van der Waals surface area (Å²) >= 11 is 0. The number of hydrogen-bond acceptors (Lipinski definition) is 2. The van der Waals surface area contributed by atoms with Gasteiger partial charge >= 0.3 is 11.9 Å². The summed E-state index contributed by atoms with van der Waals surface area (Å²) < 4.78 is 0. The summed E-state index contributed by atoms with van der Waals surface area (Å²) in [6, 6.07) is 0. The van der Waals surface area contributed by atoms with E-state index in [1.54, 1.807) is 0 Å². The number of unbranched alkanes of at least 4 members (excludes halogenated alkanes) is 6. The van der Waals surface area contributed by atoms with Crippen molar-refractivity contribution >= 4 is 11.9 Å². The smallest absolute Gasteiger partial charge is 0.303 e. The van der Waals surface area contributed by atoms with E-state index in [1.807, 2.05) is 12.2 Å². The average molecular weight is 447 g/mol. The van der Waals surface area contributed by atoms with E-state index < -0.39 is 11.9 Å². The standard InChI is InChI=1S/C28H46O4/c1-3-5-7-8-9-11-15-21-26(22-18-24-28(31)32)25(19-14-6-4-2)20-16-12-10-13-17-23-27(29)30/h9-12,15-16,20-21,25-26H,3-8,13-14,17-19,22-24H2,1-2H3,(H,29,30)(H,31,32)/b11-9-,12-10+,20-16+,21-15+. The number of carboxylic acid groups (broad SMARTS) is 2. The van der Waals surface area contributed by atoms with Gasteiger partial charge in [0.1, 0.15) is 0 Å². The molecule has 0 saturated heterocycles. The SMILES string of the molecule is CCCCC/C=C\C=C\C(CCCC(=O)O)C(/C=C/C=C/CCCC(=O)O)CCCCC. The quantitative estimate of drug-likeness (QED) is 0.138. The Kier molecular flexibility index (Phi) is 20.7. The Hall–Kier alpha value is -2.10. The molecule has 0 radical (unpaired) electrons. The number of aliphatic carboxylic acids is 2. The van der Waals surface area contributed by atoms with Crippen LogP contribution in [-0.4, -0.2) is 22.2 Å². The van der Waals surface area contributed by atoms with Gasteiger partial charge in [0.05, 0.1) is 0 Å². The van der Waals surface area contributed by atoms with Crippen LogP contribution in [-0.2, 0) is 9.59 Å². The van der Waals surface area contributed by atoms with Gasteiger partial charge in [-0.15, -0.1) is 0 Å². The van der Waals surface area contributed by atoms with E-state index in [0.717, 1.165) is 25.7 Å². The van der Waals surface area contributed by atoms with Crippen LogP contribution in [0.4, 0.5) is 0 Å². The average Bonchev–Trinajstić information content (AvgIpc) is 2.75. The second-order valence-electron chi connectivity index (χ2n) is 8.52. The molecule has 2 N–H and O–H groups in total. The minimum Gasteiger partial charge on any atom is -0.481 e. The van der Waals surface area contributed by atoms with Gasteiger partial charge < -0.3 is 10.2 Å². The summed E-state index contributed by atoms with van der Waals surface area (Å²) in [5.74, 6) is -0.779. The first-order valence-corrected chi connectivity index (χ1v) is 12.6. The van der Waals surface area contributed by atoms with Crippen LogP contribution in [0.25, 0.3) is 0 Å². The summed E-state index contributed by atoms with van der Waals surface area (Å²) in [6.45, 7) is 4.42. The maximum absolute atomic E-state index is 11.0. The number of carbonyl (C=O) groups is 2. The number of rotatable bonds is 21.